The van der Waals surface area contributed by atoms with Crippen LogP contribution in [-0.4, -0.2) is 22.0 Å². The first-order valence-corrected chi connectivity index (χ1v) is 8.02. The Morgan fingerprint density at radius 3 is 2.40 bits per heavy atom. The van der Waals surface area contributed by atoms with Gasteiger partial charge < -0.3 is 15.2 Å². The molecule has 1 heterocycles. The molecule has 0 aliphatic carbocycles. The molecule has 1 amide bonds. The largest absolute Gasteiger partial charge is 0.481 e. The van der Waals surface area contributed by atoms with Gasteiger partial charge in [0.05, 0.1) is 11.4 Å². The highest BCUT2D eigenvalue weighted by atomic mass is 35.5. The number of hydrogen-bond acceptors (Lipinski definition) is 4. The van der Waals surface area contributed by atoms with Gasteiger partial charge in [0.2, 0.25) is 11.8 Å². The number of amides is 1. The summed E-state index contributed by atoms with van der Waals surface area (Å²) in [5.74, 6) is -0.176. The first-order valence-electron chi connectivity index (χ1n) is 7.65. The number of anilines is 1. The van der Waals surface area contributed by atoms with Gasteiger partial charge >= 0.3 is 5.97 Å². The molecular formula is C18H19ClN2O4. The Bertz CT molecular complexity index is 743. The lowest BCUT2D eigenvalue weighted by molar-refractivity contribution is -0.139. The minimum atomic E-state index is -0.921. The number of hydrogen-bond donors (Lipinski definition) is 2. The zero-order valence-corrected chi connectivity index (χ0v) is 14.7. The second-order valence-corrected chi connectivity index (χ2v) is 6.84. The predicted octanol–water partition coefficient (Wildman–Crippen LogP) is 4.36. The third-order valence-corrected chi connectivity index (χ3v) is 3.55. The Kier molecular flexibility index (Phi) is 5.98. The van der Waals surface area contributed by atoms with E-state index in [1.807, 2.05) is 0 Å². The Labute approximate surface area is 150 Å². The van der Waals surface area contributed by atoms with E-state index in [0.29, 0.717) is 22.3 Å². The number of halogens is 1. The number of carboxylic acid groups (broad SMARTS) is 1. The fraction of sp³-hybridized carbons (Fsp3) is 0.278. The van der Waals surface area contributed by atoms with Gasteiger partial charge in [0, 0.05) is 24.4 Å². The highest BCUT2D eigenvalue weighted by Gasteiger charge is 2.25. The average Bonchev–Trinajstić information content (AvgIpc) is 2.49. The molecule has 0 saturated heterocycles. The van der Waals surface area contributed by atoms with E-state index in [1.54, 1.807) is 50.2 Å². The standard InChI is InChI=1S/C18H19ClN2O4/c1-18(2,10-17(23)24)9-15(22)21-13-4-6-14(7-5-13)25-16-8-3-12(19)11-20-16/h3-8,11H,9-10H2,1-2H3,(H,21,22)(H,23,24). The minimum Gasteiger partial charge on any atom is -0.481 e. The van der Waals surface area contributed by atoms with Crippen molar-refractivity contribution in [2.24, 2.45) is 5.41 Å². The molecule has 0 aliphatic heterocycles. The van der Waals surface area contributed by atoms with E-state index < -0.39 is 11.4 Å². The molecule has 7 heteroatoms. The summed E-state index contributed by atoms with van der Waals surface area (Å²) >= 11 is 5.77. The molecule has 0 saturated carbocycles. The number of aliphatic carboxylic acids is 1. The van der Waals surface area contributed by atoms with Crippen LogP contribution in [0.4, 0.5) is 5.69 Å². The summed E-state index contributed by atoms with van der Waals surface area (Å²) in [6.07, 6.45) is 1.54. The lowest BCUT2D eigenvalue weighted by Gasteiger charge is -2.21. The molecule has 6 nitrogen and oxygen atoms in total. The third-order valence-electron chi connectivity index (χ3n) is 3.33. The van der Waals surface area contributed by atoms with Crippen molar-refractivity contribution in [3.63, 3.8) is 0 Å². The van der Waals surface area contributed by atoms with Crippen molar-refractivity contribution in [1.29, 1.82) is 0 Å². The van der Waals surface area contributed by atoms with E-state index in [0.717, 1.165) is 0 Å². The molecule has 0 spiro atoms. The van der Waals surface area contributed by atoms with Gasteiger partial charge in [-0.05, 0) is 35.7 Å². The number of pyridine rings is 1. The number of carbonyl (C=O) groups is 2. The molecule has 132 valence electrons. The van der Waals surface area contributed by atoms with Crippen LogP contribution < -0.4 is 10.1 Å². The van der Waals surface area contributed by atoms with Crippen LogP contribution in [0.25, 0.3) is 0 Å². The van der Waals surface area contributed by atoms with Crippen molar-refractivity contribution in [3.05, 3.63) is 47.6 Å². The second kappa shape index (κ2) is 7.98. The maximum atomic E-state index is 12.1. The fourth-order valence-corrected chi connectivity index (χ4v) is 2.37. The van der Waals surface area contributed by atoms with Gasteiger partial charge in [0.15, 0.2) is 0 Å². The predicted molar refractivity (Wildman–Crippen MR) is 95.0 cm³/mol. The number of nitrogens with zero attached hydrogens (tertiary/aromatic N) is 1. The molecule has 0 radical (unpaired) electrons. The fourth-order valence-electron chi connectivity index (χ4n) is 2.26. The van der Waals surface area contributed by atoms with Gasteiger partial charge in [0.1, 0.15) is 5.75 Å². The number of carboxylic acids is 1. The summed E-state index contributed by atoms with van der Waals surface area (Å²) in [6.45, 7) is 3.49. The number of ether oxygens (including phenoxy) is 1. The molecule has 2 rings (SSSR count). The van der Waals surface area contributed by atoms with E-state index in [2.05, 4.69) is 10.3 Å². The molecule has 0 fully saturated rings. The van der Waals surface area contributed by atoms with Crippen LogP contribution in [0, 0.1) is 5.41 Å². The van der Waals surface area contributed by atoms with Crippen molar-refractivity contribution >= 4 is 29.2 Å². The third kappa shape index (κ3) is 6.43. The highest BCUT2D eigenvalue weighted by molar-refractivity contribution is 6.30. The normalized spacial score (nSPS) is 11.0. The van der Waals surface area contributed by atoms with Crippen molar-refractivity contribution in [3.8, 4) is 11.6 Å². The molecule has 0 unspecified atom stereocenters. The summed E-state index contributed by atoms with van der Waals surface area (Å²) in [5.41, 5.74) is -0.00768. The van der Waals surface area contributed by atoms with Crippen molar-refractivity contribution in [2.75, 3.05) is 5.32 Å². The van der Waals surface area contributed by atoms with Crippen LogP contribution in [-0.2, 0) is 9.59 Å². The lowest BCUT2D eigenvalue weighted by atomic mass is 9.85. The molecule has 2 N–H and O–H groups in total. The zero-order chi connectivity index (χ0) is 18.4. The number of nitrogens with one attached hydrogen (secondary N) is 1. The number of benzene rings is 1. The van der Waals surface area contributed by atoms with Crippen molar-refractivity contribution < 1.29 is 19.4 Å². The monoisotopic (exact) mass is 362 g/mol. The molecule has 1 aromatic carbocycles. The van der Waals surface area contributed by atoms with Gasteiger partial charge in [-0.2, -0.15) is 0 Å². The van der Waals surface area contributed by atoms with Gasteiger partial charge in [-0.1, -0.05) is 25.4 Å². The van der Waals surface area contributed by atoms with E-state index in [4.69, 9.17) is 21.4 Å². The zero-order valence-electron chi connectivity index (χ0n) is 14.0. The van der Waals surface area contributed by atoms with Crippen LogP contribution in [0.2, 0.25) is 5.02 Å². The lowest BCUT2D eigenvalue weighted by Crippen LogP contribution is -2.24. The van der Waals surface area contributed by atoms with Crippen LogP contribution in [0.15, 0.2) is 42.6 Å². The van der Waals surface area contributed by atoms with E-state index in [-0.39, 0.29) is 18.7 Å². The first kappa shape index (κ1) is 18.7. The van der Waals surface area contributed by atoms with Crippen LogP contribution in [0.5, 0.6) is 11.6 Å². The summed E-state index contributed by atoms with van der Waals surface area (Å²) in [5, 5.41) is 12.1. The molecule has 25 heavy (non-hydrogen) atoms. The molecule has 0 atom stereocenters. The summed E-state index contributed by atoms with van der Waals surface area (Å²) < 4.78 is 5.57. The van der Waals surface area contributed by atoms with Gasteiger partial charge in [0.25, 0.3) is 0 Å². The molecule has 0 aliphatic rings. The molecule has 1 aromatic heterocycles. The maximum Gasteiger partial charge on any atom is 0.303 e. The van der Waals surface area contributed by atoms with E-state index in [1.165, 1.54) is 6.20 Å². The molecule has 0 bridgehead atoms. The van der Waals surface area contributed by atoms with E-state index >= 15 is 0 Å². The highest BCUT2D eigenvalue weighted by Crippen LogP contribution is 2.26. The summed E-state index contributed by atoms with van der Waals surface area (Å²) in [4.78, 5) is 26.9. The first-order chi connectivity index (χ1) is 11.7. The Hall–Kier alpha value is -2.60. The number of carbonyl (C=O) groups excluding carboxylic acids is 1. The van der Waals surface area contributed by atoms with Crippen LogP contribution >= 0.6 is 11.6 Å². The molecule has 2 aromatic rings. The van der Waals surface area contributed by atoms with Gasteiger partial charge in [-0.25, -0.2) is 4.98 Å². The second-order valence-electron chi connectivity index (χ2n) is 6.40. The summed E-state index contributed by atoms with van der Waals surface area (Å²) in [6, 6.07) is 10.1. The van der Waals surface area contributed by atoms with Crippen molar-refractivity contribution in [1.82, 2.24) is 4.98 Å². The SMILES string of the molecule is CC(C)(CC(=O)O)CC(=O)Nc1ccc(Oc2ccc(Cl)cn2)cc1. The topological polar surface area (TPSA) is 88.5 Å². The minimum absolute atomic E-state index is 0.0682. The van der Waals surface area contributed by atoms with E-state index in [9.17, 15) is 9.59 Å². The maximum absolute atomic E-state index is 12.1. The van der Waals surface area contributed by atoms with Gasteiger partial charge in [-0.15, -0.1) is 0 Å². The Morgan fingerprint density at radius 2 is 1.84 bits per heavy atom. The number of rotatable bonds is 7. The van der Waals surface area contributed by atoms with Crippen LogP contribution in [0.1, 0.15) is 26.7 Å². The quantitative estimate of drug-likeness (QED) is 0.764. The Morgan fingerprint density at radius 1 is 1.16 bits per heavy atom. The Balaban J connectivity index is 1.92. The molecular weight excluding hydrogens is 344 g/mol. The smallest absolute Gasteiger partial charge is 0.303 e. The van der Waals surface area contributed by atoms with Crippen LogP contribution in [0.3, 0.4) is 0 Å². The summed E-state index contributed by atoms with van der Waals surface area (Å²) in [7, 11) is 0. The average molecular weight is 363 g/mol. The number of aromatic nitrogens is 1. The van der Waals surface area contributed by atoms with Gasteiger partial charge in [-0.3, -0.25) is 9.59 Å². The van der Waals surface area contributed by atoms with Crippen molar-refractivity contribution in [2.45, 2.75) is 26.7 Å².